The Balaban J connectivity index is 1.96. The van der Waals surface area contributed by atoms with Crippen molar-refractivity contribution in [1.29, 1.82) is 0 Å². The average Bonchev–Trinajstić information content (AvgIpc) is 2.74. The van der Waals surface area contributed by atoms with Crippen LogP contribution in [0.1, 0.15) is 22.3 Å². The van der Waals surface area contributed by atoms with Gasteiger partial charge in [-0.3, -0.25) is 0 Å². The fourth-order valence-electron chi connectivity index (χ4n) is 3.31. The van der Waals surface area contributed by atoms with E-state index in [1.54, 1.807) is 14.1 Å². The molecule has 144 valence electrons. The van der Waals surface area contributed by atoms with Crippen LogP contribution in [0, 0.1) is 0 Å². The van der Waals surface area contributed by atoms with Crippen LogP contribution in [0.2, 0.25) is 0 Å². The van der Waals surface area contributed by atoms with Crippen LogP contribution in [0.15, 0.2) is 84.9 Å². The number of rotatable bonds is 6. The van der Waals surface area contributed by atoms with Crippen LogP contribution in [-0.2, 0) is 18.6 Å². The highest BCUT2D eigenvalue weighted by molar-refractivity contribution is 5.73. The number of carbonyl (C=O) groups excluding carboxylic acids is 1. The molecule has 4 heteroatoms. The molecule has 3 rings (SSSR count). The van der Waals surface area contributed by atoms with Gasteiger partial charge in [-0.2, -0.15) is 0 Å². The predicted octanol–water partition coefficient (Wildman–Crippen LogP) is 3.94. The first-order valence-corrected chi connectivity index (χ1v) is 9.36. The summed E-state index contributed by atoms with van der Waals surface area (Å²) in [5.74, 6) is 0. The third kappa shape index (κ3) is 4.41. The average molecular weight is 374 g/mol. The molecule has 0 bridgehead atoms. The van der Waals surface area contributed by atoms with E-state index in [-0.39, 0.29) is 6.03 Å². The molecule has 0 aromatic heterocycles. The van der Waals surface area contributed by atoms with Gasteiger partial charge in [0.25, 0.3) is 0 Å². The molecule has 0 saturated heterocycles. The molecule has 3 aromatic carbocycles. The maximum atomic E-state index is 11.9. The summed E-state index contributed by atoms with van der Waals surface area (Å²) in [6.45, 7) is 0.410. The Bertz CT molecular complexity index is 869. The van der Waals surface area contributed by atoms with Crippen molar-refractivity contribution in [3.05, 3.63) is 107 Å². The van der Waals surface area contributed by atoms with Crippen LogP contribution < -0.4 is 5.32 Å². The lowest BCUT2D eigenvalue weighted by Crippen LogP contribution is -2.35. The summed E-state index contributed by atoms with van der Waals surface area (Å²) in [5.41, 5.74) is 2.51. The van der Waals surface area contributed by atoms with Gasteiger partial charge in [-0.1, -0.05) is 84.9 Å². The number of hydrogen-bond acceptors (Lipinski definition) is 2. The normalized spacial score (nSPS) is 11.1. The highest BCUT2D eigenvalue weighted by atomic mass is 16.3. The summed E-state index contributed by atoms with van der Waals surface area (Å²) in [5, 5.41) is 14.7. The van der Waals surface area contributed by atoms with Crippen LogP contribution in [0.3, 0.4) is 0 Å². The van der Waals surface area contributed by atoms with Gasteiger partial charge >= 0.3 is 6.03 Å². The van der Waals surface area contributed by atoms with E-state index in [1.165, 1.54) is 4.90 Å². The Labute approximate surface area is 166 Å². The zero-order valence-corrected chi connectivity index (χ0v) is 16.3. The molecule has 0 aliphatic carbocycles. The highest BCUT2D eigenvalue weighted by Crippen LogP contribution is 2.34. The van der Waals surface area contributed by atoms with E-state index in [0.717, 1.165) is 22.3 Å². The van der Waals surface area contributed by atoms with Gasteiger partial charge in [0.15, 0.2) is 0 Å². The SMILES string of the molecule is CN(C)C(=O)NCc1ccccc1CC(O)(c1ccccc1)c1ccccc1. The van der Waals surface area contributed by atoms with Crippen LogP contribution >= 0.6 is 0 Å². The van der Waals surface area contributed by atoms with Gasteiger partial charge in [0.1, 0.15) is 5.60 Å². The van der Waals surface area contributed by atoms with E-state index < -0.39 is 5.60 Å². The molecule has 2 amide bonds. The highest BCUT2D eigenvalue weighted by Gasteiger charge is 2.32. The van der Waals surface area contributed by atoms with Crippen molar-refractivity contribution in [3.8, 4) is 0 Å². The van der Waals surface area contributed by atoms with Crippen molar-refractivity contribution < 1.29 is 9.90 Å². The van der Waals surface area contributed by atoms with Crippen molar-refractivity contribution in [3.63, 3.8) is 0 Å². The number of amides is 2. The van der Waals surface area contributed by atoms with Gasteiger partial charge in [-0.05, 0) is 22.3 Å². The van der Waals surface area contributed by atoms with Crippen molar-refractivity contribution >= 4 is 6.03 Å². The molecule has 0 aliphatic rings. The van der Waals surface area contributed by atoms with Crippen LogP contribution in [0.4, 0.5) is 4.79 Å². The van der Waals surface area contributed by atoms with Gasteiger partial charge in [-0.15, -0.1) is 0 Å². The van der Waals surface area contributed by atoms with Gasteiger partial charge in [0, 0.05) is 27.1 Å². The van der Waals surface area contributed by atoms with E-state index in [0.29, 0.717) is 13.0 Å². The largest absolute Gasteiger partial charge is 0.380 e. The number of urea groups is 1. The molecular formula is C24H26N2O2. The molecule has 0 saturated carbocycles. The summed E-state index contributed by atoms with van der Waals surface area (Å²) >= 11 is 0. The first-order valence-electron chi connectivity index (χ1n) is 9.36. The first kappa shape index (κ1) is 19.6. The van der Waals surface area contributed by atoms with Crippen molar-refractivity contribution in [2.75, 3.05) is 14.1 Å². The second kappa shape index (κ2) is 8.72. The Morgan fingerprint density at radius 3 is 1.79 bits per heavy atom. The topological polar surface area (TPSA) is 52.6 Å². The van der Waals surface area contributed by atoms with E-state index in [4.69, 9.17) is 0 Å². The predicted molar refractivity (Wildman–Crippen MR) is 112 cm³/mol. The minimum atomic E-state index is -1.16. The summed E-state index contributed by atoms with van der Waals surface area (Å²) in [6.07, 6.45) is 0.412. The Hall–Kier alpha value is -3.11. The lowest BCUT2D eigenvalue weighted by Gasteiger charge is -2.30. The lowest BCUT2D eigenvalue weighted by molar-refractivity contribution is 0.0809. The fraction of sp³-hybridized carbons (Fsp3) is 0.208. The molecule has 0 spiro atoms. The molecule has 0 heterocycles. The number of aliphatic hydroxyl groups is 1. The van der Waals surface area contributed by atoms with E-state index in [2.05, 4.69) is 5.32 Å². The molecule has 2 N–H and O–H groups in total. The van der Waals surface area contributed by atoms with Gasteiger partial charge in [-0.25, -0.2) is 4.79 Å². The van der Waals surface area contributed by atoms with E-state index in [9.17, 15) is 9.90 Å². The number of carbonyl (C=O) groups is 1. The molecule has 0 atom stereocenters. The molecule has 0 fully saturated rings. The zero-order valence-electron chi connectivity index (χ0n) is 16.3. The maximum absolute atomic E-state index is 11.9. The van der Waals surface area contributed by atoms with Crippen molar-refractivity contribution in [1.82, 2.24) is 10.2 Å². The molecule has 0 unspecified atom stereocenters. The molecule has 4 nitrogen and oxygen atoms in total. The molecule has 0 aliphatic heterocycles. The minimum absolute atomic E-state index is 0.142. The lowest BCUT2D eigenvalue weighted by atomic mass is 9.80. The standard InChI is InChI=1S/C24H26N2O2/c1-26(2)23(27)25-18-20-12-10-9-11-19(20)17-24(28,21-13-5-3-6-14-21)22-15-7-4-8-16-22/h3-16,28H,17-18H2,1-2H3,(H,25,27). The summed E-state index contributed by atoms with van der Waals surface area (Å²) < 4.78 is 0. The number of nitrogens with one attached hydrogen (secondary N) is 1. The molecule has 0 radical (unpaired) electrons. The monoisotopic (exact) mass is 374 g/mol. The van der Waals surface area contributed by atoms with E-state index in [1.807, 2.05) is 84.9 Å². The number of nitrogens with zero attached hydrogens (tertiary/aromatic N) is 1. The molecule has 3 aromatic rings. The minimum Gasteiger partial charge on any atom is -0.380 e. The van der Waals surface area contributed by atoms with Crippen molar-refractivity contribution in [2.24, 2.45) is 0 Å². The Morgan fingerprint density at radius 2 is 1.29 bits per heavy atom. The smallest absolute Gasteiger partial charge is 0.317 e. The Kier molecular flexibility index (Phi) is 6.12. The summed E-state index contributed by atoms with van der Waals surface area (Å²) in [4.78, 5) is 13.4. The third-order valence-electron chi connectivity index (χ3n) is 4.90. The second-order valence-electron chi connectivity index (χ2n) is 7.09. The maximum Gasteiger partial charge on any atom is 0.317 e. The number of benzene rings is 3. The zero-order chi connectivity index (χ0) is 20.0. The summed E-state index contributed by atoms with van der Waals surface area (Å²) in [7, 11) is 3.43. The Morgan fingerprint density at radius 1 is 0.821 bits per heavy atom. The molecule has 28 heavy (non-hydrogen) atoms. The van der Waals surface area contributed by atoms with Gasteiger partial charge < -0.3 is 15.3 Å². The van der Waals surface area contributed by atoms with Crippen LogP contribution in [0.5, 0.6) is 0 Å². The number of hydrogen-bond donors (Lipinski definition) is 2. The van der Waals surface area contributed by atoms with Crippen molar-refractivity contribution in [2.45, 2.75) is 18.6 Å². The fourth-order valence-corrected chi connectivity index (χ4v) is 3.31. The van der Waals surface area contributed by atoms with Crippen LogP contribution in [-0.4, -0.2) is 30.1 Å². The van der Waals surface area contributed by atoms with Gasteiger partial charge in [0.2, 0.25) is 0 Å². The first-order chi connectivity index (χ1) is 13.5. The summed E-state index contributed by atoms with van der Waals surface area (Å²) in [6, 6.07) is 27.2. The third-order valence-corrected chi connectivity index (χ3v) is 4.90. The quantitative estimate of drug-likeness (QED) is 0.687. The second-order valence-corrected chi connectivity index (χ2v) is 7.09. The van der Waals surface area contributed by atoms with E-state index >= 15 is 0 Å². The molecular weight excluding hydrogens is 348 g/mol. The van der Waals surface area contributed by atoms with Gasteiger partial charge in [0.05, 0.1) is 0 Å². The van der Waals surface area contributed by atoms with Crippen LogP contribution in [0.25, 0.3) is 0 Å².